The van der Waals surface area contributed by atoms with E-state index in [1.54, 1.807) is 24.5 Å². The molecule has 1 N–H and O–H groups in total. The molecule has 1 saturated heterocycles. The van der Waals surface area contributed by atoms with Gasteiger partial charge in [-0.3, -0.25) is 9.78 Å². The van der Waals surface area contributed by atoms with Gasteiger partial charge in [0.1, 0.15) is 0 Å². The third-order valence-electron chi connectivity index (χ3n) is 5.04. The van der Waals surface area contributed by atoms with Crippen molar-refractivity contribution in [2.75, 3.05) is 25.1 Å². The molecule has 0 aliphatic carbocycles. The lowest BCUT2D eigenvalue weighted by Crippen LogP contribution is -2.70. The number of amides is 1. The minimum absolute atomic E-state index is 0.0226. The minimum Gasteiger partial charge on any atom is -0.394 e. The van der Waals surface area contributed by atoms with Gasteiger partial charge in [0.05, 0.1) is 24.3 Å². The van der Waals surface area contributed by atoms with E-state index < -0.39 is 0 Å². The van der Waals surface area contributed by atoms with Crippen molar-refractivity contribution in [1.29, 1.82) is 0 Å². The summed E-state index contributed by atoms with van der Waals surface area (Å²) >= 11 is 0. The zero-order valence-electron chi connectivity index (χ0n) is 13.0. The maximum atomic E-state index is 12.8. The molecule has 5 heteroatoms. The Labute approximate surface area is 135 Å². The van der Waals surface area contributed by atoms with Crippen molar-refractivity contribution in [3.8, 4) is 0 Å². The molecule has 2 aliphatic heterocycles. The van der Waals surface area contributed by atoms with Crippen molar-refractivity contribution in [2.24, 2.45) is 0 Å². The molecule has 23 heavy (non-hydrogen) atoms. The SMILES string of the molecule is CN1C[C@@H]2[C@H](c3ccccc31)[C@H](CO)N2C(=O)c1cccnc1. The molecule has 4 rings (SSSR count). The summed E-state index contributed by atoms with van der Waals surface area (Å²) in [6, 6.07) is 11.7. The van der Waals surface area contributed by atoms with Crippen molar-refractivity contribution in [3.63, 3.8) is 0 Å². The van der Waals surface area contributed by atoms with Crippen LogP contribution in [0.15, 0.2) is 48.8 Å². The van der Waals surface area contributed by atoms with Gasteiger partial charge in [-0.2, -0.15) is 0 Å². The van der Waals surface area contributed by atoms with Crippen LogP contribution in [0.1, 0.15) is 21.8 Å². The molecule has 2 aromatic rings. The number of hydrogen-bond donors (Lipinski definition) is 1. The number of benzene rings is 1. The monoisotopic (exact) mass is 309 g/mol. The van der Waals surface area contributed by atoms with Crippen molar-refractivity contribution >= 4 is 11.6 Å². The van der Waals surface area contributed by atoms with Gasteiger partial charge in [-0.05, 0) is 23.8 Å². The predicted molar refractivity (Wildman–Crippen MR) is 87.5 cm³/mol. The number of pyridine rings is 1. The molecule has 0 unspecified atom stereocenters. The first kappa shape index (κ1) is 14.2. The number of aromatic nitrogens is 1. The molecule has 1 aromatic heterocycles. The molecule has 0 spiro atoms. The number of hydrogen-bond acceptors (Lipinski definition) is 4. The van der Waals surface area contributed by atoms with Crippen LogP contribution < -0.4 is 4.90 Å². The highest BCUT2D eigenvalue weighted by molar-refractivity contribution is 5.95. The molecule has 0 saturated carbocycles. The first-order valence-electron chi connectivity index (χ1n) is 7.86. The van der Waals surface area contributed by atoms with Crippen molar-refractivity contribution in [2.45, 2.75) is 18.0 Å². The van der Waals surface area contributed by atoms with Crippen LogP contribution in [0.4, 0.5) is 5.69 Å². The molecule has 5 nitrogen and oxygen atoms in total. The molecule has 0 radical (unpaired) electrons. The molecule has 118 valence electrons. The lowest BCUT2D eigenvalue weighted by molar-refractivity contribution is -0.0245. The van der Waals surface area contributed by atoms with Gasteiger partial charge in [-0.1, -0.05) is 18.2 Å². The van der Waals surface area contributed by atoms with E-state index in [9.17, 15) is 9.90 Å². The minimum atomic E-state index is -0.164. The Hall–Kier alpha value is -2.40. The maximum absolute atomic E-state index is 12.8. The van der Waals surface area contributed by atoms with Gasteiger partial charge in [0, 0.05) is 37.6 Å². The molecule has 3 heterocycles. The highest BCUT2D eigenvalue weighted by Gasteiger charge is 2.54. The van der Waals surface area contributed by atoms with Gasteiger partial charge in [-0.15, -0.1) is 0 Å². The lowest BCUT2D eigenvalue weighted by atomic mass is 9.72. The second-order valence-corrected chi connectivity index (χ2v) is 6.24. The molecule has 3 atom stereocenters. The standard InChI is InChI=1S/C18H19N3O2/c1-20-10-15-17(13-6-2-3-7-14(13)20)16(11-22)21(15)18(23)12-5-4-8-19-9-12/h2-9,15-17,22H,10-11H2,1H3/t15-,16+,17+/m1/s1. The van der Waals surface area contributed by atoms with Crippen LogP contribution in [0.2, 0.25) is 0 Å². The third-order valence-corrected chi connectivity index (χ3v) is 5.04. The number of para-hydroxylation sites is 1. The van der Waals surface area contributed by atoms with E-state index in [1.807, 2.05) is 24.1 Å². The van der Waals surface area contributed by atoms with Gasteiger partial charge in [0.15, 0.2) is 0 Å². The van der Waals surface area contributed by atoms with E-state index in [1.165, 1.54) is 11.3 Å². The van der Waals surface area contributed by atoms with E-state index in [4.69, 9.17) is 0 Å². The van der Waals surface area contributed by atoms with Gasteiger partial charge in [0.25, 0.3) is 5.91 Å². The van der Waals surface area contributed by atoms with Crippen LogP contribution >= 0.6 is 0 Å². The van der Waals surface area contributed by atoms with Crippen LogP contribution in [-0.2, 0) is 0 Å². The third kappa shape index (κ3) is 2.04. The summed E-state index contributed by atoms with van der Waals surface area (Å²) in [6.07, 6.45) is 3.24. The number of carbonyl (C=O) groups is 1. The summed E-state index contributed by atoms with van der Waals surface area (Å²) < 4.78 is 0. The lowest BCUT2D eigenvalue weighted by Gasteiger charge is -2.58. The number of fused-ring (bicyclic) bond motifs is 3. The fourth-order valence-electron chi connectivity index (χ4n) is 4.00. The molecule has 1 amide bonds. The second kappa shape index (κ2) is 5.35. The fourth-order valence-corrected chi connectivity index (χ4v) is 4.00. The summed E-state index contributed by atoms with van der Waals surface area (Å²) in [5, 5.41) is 9.86. The van der Waals surface area contributed by atoms with Crippen molar-refractivity contribution < 1.29 is 9.90 Å². The quantitative estimate of drug-likeness (QED) is 0.913. The smallest absolute Gasteiger partial charge is 0.256 e. The number of aliphatic hydroxyl groups excluding tert-OH is 1. The van der Waals surface area contributed by atoms with E-state index in [2.05, 4.69) is 22.0 Å². The molecular formula is C18H19N3O2. The van der Waals surface area contributed by atoms with E-state index >= 15 is 0 Å². The number of rotatable bonds is 2. The Morgan fingerprint density at radius 3 is 2.87 bits per heavy atom. The van der Waals surface area contributed by atoms with Gasteiger partial charge in [0.2, 0.25) is 0 Å². The molecule has 1 fully saturated rings. The topological polar surface area (TPSA) is 56.7 Å². The Morgan fingerprint density at radius 2 is 2.13 bits per heavy atom. The summed E-state index contributed by atoms with van der Waals surface area (Å²) in [6.45, 7) is 0.759. The normalized spacial score (nSPS) is 25.4. The van der Waals surface area contributed by atoms with Crippen LogP contribution in [-0.4, -0.2) is 53.2 Å². The predicted octanol–water partition coefficient (Wildman–Crippen LogP) is 1.50. The van der Waals surface area contributed by atoms with E-state index in [-0.39, 0.29) is 30.5 Å². The van der Waals surface area contributed by atoms with Gasteiger partial charge in [-0.25, -0.2) is 0 Å². The zero-order chi connectivity index (χ0) is 16.0. The van der Waals surface area contributed by atoms with Gasteiger partial charge < -0.3 is 14.9 Å². The highest BCUT2D eigenvalue weighted by Crippen LogP contribution is 2.48. The van der Waals surface area contributed by atoms with Crippen LogP contribution in [0.3, 0.4) is 0 Å². The summed E-state index contributed by atoms with van der Waals surface area (Å²) in [4.78, 5) is 20.9. The summed E-state index contributed by atoms with van der Waals surface area (Å²) in [5.74, 6) is 0.152. The van der Waals surface area contributed by atoms with Gasteiger partial charge >= 0.3 is 0 Å². The maximum Gasteiger partial charge on any atom is 0.256 e. The van der Waals surface area contributed by atoms with Crippen LogP contribution in [0, 0.1) is 0 Å². The fraction of sp³-hybridized carbons (Fsp3) is 0.333. The van der Waals surface area contributed by atoms with Crippen LogP contribution in [0.25, 0.3) is 0 Å². The number of likely N-dealkylation sites (tertiary alicyclic amines) is 1. The number of likely N-dealkylation sites (N-methyl/N-ethyl adjacent to an activating group) is 1. The Kier molecular flexibility index (Phi) is 3.31. The Morgan fingerprint density at radius 1 is 1.30 bits per heavy atom. The van der Waals surface area contributed by atoms with Crippen molar-refractivity contribution in [1.82, 2.24) is 9.88 Å². The number of anilines is 1. The van der Waals surface area contributed by atoms with Crippen molar-refractivity contribution in [3.05, 3.63) is 59.9 Å². The first-order valence-corrected chi connectivity index (χ1v) is 7.86. The van der Waals surface area contributed by atoms with Crippen LogP contribution in [0.5, 0.6) is 0 Å². The number of aliphatic hydroxyl groups is 1. The average Bonchev–Trinajstić information content (AvgIpc) is 2.58. The number of nitrogens with zero attached hydrogens (tertiary/aromatic N) is 3. The molecule has 1 aromatic carbocycles. The molecular weight excluding hydrogens is 290 g/mol. The second-order valence-electron chi connectivity index (χ2n) is 6.24. The highest BCUT2D eigenvalue weighted by atomic mass is 16.3. The Bertz CT molecular complexity index is 734. The average molecular weight is 309 g/mol. The molecule has 2 aliphatic rings. The van der Waals surface area contributed by atoms with E-state index in [0.29, 0.717) is 5.56 Å². The Balaban J connectivity index is 1.69. The summed E-state index contributed by atoms with van der Waals surface area (Å²) in [7, 11) is 2.05. The molecule has 0 bridgehead atoms. The first-order chi connectivity index (χ1) is 11.2. The van der Waals surface area contributed by atoms with E-state index in [0.717, 1.165) is 6.54 Å². The largest absolute Gasteiger partial charge is 0.394 e. The number of carbonyl (C=O) groups excluding carboxylic acids is 1. The summed E-state index contributed by atoms with van der Waals surface area (Å²) in [5.41, 5.74) is 2.99. The zero-order valence-corrected chi connectivity index (χ0v) is 13.0.